The zero-order valence-corrected chi connectivity index (χ0v) is 16.1. The van der Waals surface area contributed by atoms with E-state index in [4.69, 9.17) is 0 Å². The number of rotatable bonds is 2. The molecule has 4 nitrogen and oxygen atoms in total. The van der Waals surface area contributed by atoms with E-state index in [0.717, 1.165) is 49.3 Å². The van der Waals surface area contributed by atoms with E-state index < -0.39 is 26.5 Å². The van der Waals surface area contributed by atoms with Crippen molar-refractivity contribution in [2.45, 2.75) is 40.8 Å². The molecule has 1 saturated heterocycles. The van der Waals surface area contributed by atoms with Gasteiger partial charge < -0.3 is 10.2 Å². The van der Waals surface area contributed by atoms with Crippen molar-refractivity contribution in [3.63, 3.8) is 0 Å². The van der Waals surface area contributed by atoms with Gasteiger partial charge >= 0.3 is 6.18 Å². The van der Waals surface area contributed by atoms with Crippen molar-refractivity contribution >= 4 is 15.5 Å². The maximum atomic E-state index is 13.4. The summed E-state index contributed by atoms with van der Waals surface area (Å²) >= 11 is 0. The molecule has 2 heterocycles. The minimum atomic E-state index is -4.74. The van der Waals surface area contributed by atoms with Gasteiger partial charge in [-0.3, -0.25) is 0 Å². The summed E-state index contributed by atoms with van der Waals surface area (Å²) in [7, 11) is -2.30. The maximum Gasteiger partial charge on any atom is 0.417 e. The number of benzene rings is 2. The summed E-state index contributed by atoms with van der Waals surface area (Å²) in [6, 6.07) is 9.33. The molecule has 4 rings (SSSR count). The summed E-state index contributed by atoms with van der Waals surface area (Å²) in [4.78, 5) is 1.37. The average molecular weight is 410 g/mol. The van der Waals surface area contributed by atoms with Gasteiger partial charge in [-0.15, -0.1) is 0 Å². The van der Waals surface area contributed by atoms with Gasteiger partial charge in [0.2, 0.25) is 9.84 Å². The van der Waals surface area contributed by atoms with Crippen LogP contribution in [0, 0.1) is 0 Å². The maximum absolute atomic E-state index is 13.4. The molecule has 0 spiro atoms. The third kappa shape index (κ3) is 3.08. The van der Waals surface area contributed by atoms with Crippen LogP contribution in [0.3, 0.4) is 0 Å². The second kappa shape index (κ2) is 6.77. The van der Waals surface area contributed by atoms with Crippen LogP contribution in [0.5, 0.6) is 0 Å². The smallest absolute Gasteiger partial charge is 0.371 e. The van der Waals surface area contributed by atoms with Crippen molar-refractivity contribution in [3.05, 3.63) is 53.6 Å². The average Bonchev–Trinajstić information content (AvgIpc) is 2.81. The van der Waals surface area contributed by atoms with Gasteiger partial charge in [0.15, 0.2) is 0 Å². The first-order valence-corrected chi connectivity index (χ1v) is 10.7. The molecule has 2 atom stereocenters. The van der Waals surface area contributed by atoms with Gasteiger partial charge in [-0.1, -0.05) is 12.1 Å². The van der Waals surface area contributed by atoms with Crippen molar-refractivity contribution < 1.29 is 21.6 Å². The van der Waals surface area contributed by atoms with Crippen LogP contribution < -0.4 is 10.2 Å². The Morgan fingerprint density at radius 3 is 2.54 bits per heavy atom. The summed E-state index contributed by atoms with van der Waals surface area (Å²) in [5.74, 6) is 0.169. The Bertz CT molecular complexity index is 1000. The lowest BCUT2D eigenvalue weighted by Gasteiger charge is -2.24. The van der Waals surface area contributed by atoms with Gasteiger partial charge in [-0.2, -0.15) is 13.2 Å². The van der Waals surface area contributed by atoms with Gasteiger partial charge in [0.1, 0.15) is 0 Å². The molecule has 150 valence electrons. The lowest BCUT2D eigenvalue weighted by Crippen LogP contribution is -2.30. The fraction of sp³-hybridized carbons (Fsp3) is 0.400. The topological polar surface area (TPSA) is 49.4 Å². The largest absolute Gasteiger partial charge is 0.417 e. The quantitative estimate of drug-likeness (QED) is 0.818. The Balaban J connectivity index is 1.81. The third-order valence-electron chi connectivity index (χ3n) is 5.78. The molecule has 2 aromatic carbocycles. The van der Waals surface area contributed by atoms with Crippen molar-refractivity contribution in [1.29, 1.82) is 0 Å². The van der Waals surface area contributed by atoms with Crippen LogP contribution in [0.25, 0.3) is 0 Å². The molecule has 0 amide bonds. The number of hydrogen-bond donors (Lipinski definition) is 1. The second-order valence-electron chi connectivity index (χ2n) is 7.33. The number of hydrogen-bond acceptors (Lipinski definition) is 4. The first kappa shape index (κ1) is 19.3. The number of halogens is 3. The van der Waals surface area contributed by atoms with Gasteiger partial charge in [-0.05, 0) is 61.8 Å². The molecule has 2 aliphatic rings. The van der Waals surface area contributed by atoms with Crippen LogP contribution in [-0.4, -0.2) is 34.6 Å². The second-order valence-corrected chi connectivity index (χ2v) is 9.25. The molecule has 0 aromatic heterocycles. The number of anilines is 1. The normalized spacial score (nSPS) is 22.5. The molecule has 0 saturated carbocycles. The molecule has 28 heavy (non-hydrogen) atoms. The zero-order valence-electron chi connectivity index (χ0n) is 15.3. The van der Waals surface area contributed by atoms with Gasteiger partial charge in [0.25, 0.3) is 0 Å². The van der Waals surface area contributed by atoms with E-state index in [2.05, 4.69) is 10.2 Å². The summed E-state index contributed by atoms with van der Waals surface area (Å²) in [5.41, 5.74) is 0.728. The molecule has 0 radical (unpaired) electrons. The number of alkyl halides is 3. The van der Waals surface area contributed by atoms with E-state index in [-0.39, 0.29) is 16.9 Å². The van der Waals surface area contributed by atoms with Gasteiger partial charge in [0.05, 0.1) is 15.4 Å². The highest BCUT2D eigenvalue weighted by Gasteiger charge is 2.40. The molecule has 2 aromatic rings. The Labute approximate surface area is 162 Å². The molecule has 1 fully saturated rings. The van der Waals surface area contributed by atoms with Crippen LogP contribution in [0.1, 0.15) is 29.9 Å². The van der Waals surface area contributed by atoms with Crippen molar-refractivity contribution in [1.82, 2.24) is 5.32 Å². The SMILES string of the molecule is CN1c2ccc(S(=O)(=O)c3ccccc3C(F)(F)F)cc2[C@H]2CCNCC[C@@H]21. The predicted octanol–water partition coefficient (Wildman–Crippen LogP) is 3.82. The minimum Gasteiger partial charge on any atom is -0.371 e. The van der Waals surface area contributed by atoms with Crippen LogP contribution in [0.15, 0.2) is 52.3 Å². The molecule has 0 bridgehead atoms. The number of nitrogens with zero attached hydrogens (tertiary/aromatic N) is 1. The molecule has 0 aliphatic carbocycles. The molecule has 2 aliphatic heterocycles. The Hall–Kier alpha value is -2.06. The molecule has 0 unspecified atom stereocenters. The number of sulfone groups is 1. The van der Waals surface area contributed by atoms with E-state index in [1.807, 2.05) is 7.05 Å². The molecule has 1 N–H and O–H groups in total. The van der Waals surface area contributed by atoms with E-state index in [9.17, 15) is 21.6 Å². The van der Waals surface area contributed by atoms with Crippen molar-refractivity contribution in [2.24, 2.45) is 0 Å². The summed E-state index contributed by atoms with van der Waals surface area (Å²) < 4.78 is 66.2. The summed E-state index contributed by atoms with van der Waals surface area (Å²) in [6.45, 7) is 1.73. The summed E-state index contributed by atoms with van der Waals surface area (Å²) in [6.07, 6.45) is -2.93. The zero-order chi connectivity index (χ0) is 20.1. The molecule has 8 heteroatoms. The molecular weight excluding hydrogens is 389 g/mol. The van der Waals surface area contributed by atoms with Crippen molar-refractivity contribution in [3.8, 4) is 0 Å². The Morgan fingerprint density at radius 2 is 1.79 bits per heavy atom. The number of likely N-dealkylation sites (N-methyl/N-ethyl adjacent to an activating group) is 1. The van der Waals surface area contributed by atoms with E-state index in [1.54, 1.807) is 12.1 Å². The highest BCUT2D eigenvalue weighted by molar-refractivity contribution is 7.91. The van der Waals surface area contributed by atoms with Crippen molar-refractivity contribution in [2.75, 3.05) is 25.0 Å². The first-order valence-electron chi connectivity index (χ1n) is 9.20. The van der Waals surface area contributed by atoms with Gasteiger partial charge in [-0.25, -0.2) is 8.42 Å². The highest BCUT2D eigenvalue weighted by Crippen LogP contribution is 2.45. The fourth-order valence-corrected chi connectivity index (χ4v) is 5.93. The summed E-state index contributed by atoms with van der Waals surface area (Å²) in [5, 5.41) is 3.35. The van der Waals surface area contributed by atoms with E-state index in [1.165, 1.54) is 18.2 Å². The lowest BCUT2D eigenvalue weighted by molar-refractivity contribution is -0.139. The van der Waals surface area contributed by atoms with Crippen LogP contribution in [0.2, 0.25) is 0 Å². The Morgan fingerprint density at radius 1 is 1.07 bits per heavy atom. The first-order chi connectivity index (χ1) is 13.2. The third-order valence-corrected chi connectivity index (χ3v) is 7.59. The number of fused-ring (bicyclic) bond motifs is 3. The number of nitrogens with one attached hydrogen (secondary N) is 1. The highest BCUT2D eigenvalue weighted by atomic mass is 32.2. The van der Waals surface area contributed by atoms with E-state index in [0.29, 0.717) is 0 Å². The van der Waals surface area contributed by atoms with Crippen LogP contribution in [-0.2, 0) is 16.0 Å². The molecular formula is C20H21F3N2O2S. The van der Waals surface area contributed by atoms with Crippen LogP contribution in [0.4, 0.5) is 18.9 Å². The monoisotopic (exact) mass is 410 g/mol. The fourth-order valence-electron chi connectivity index (χ4n) is 4.41. The minimum absolute atomic E-state index is 0.0887. The van der Waals surface area contributed by atoms with Crippen LogP contribution >= 0.6 is 0 Å². The van der Waals surface area contributed by atoms with Gasteiger partial charge in [0, 0.05) is 24.7 Å². The van der Waals surface area contributed by atoms with E-state index >= 15 is 0 Å². The predicted molar refractivity (Wildman–Crippen MR) is 100 cm³/mol. The Kier molecular flexibility index (Phi) is 4.66. The lowest BCUT2D eigenvalue weighted by atomic mass is 9.91. The standard InChI is InChI=1S/C20H21F3N2O2S/c1-25-17-7-6-13(12-15(17)14-8-10-24-11-9-18(14)25)28(26,27)19-5-3-2-4-16(19)20(21,22)23/h2-7,12,14,18,24H,8-11H2,1H3/t14-,18+/m1/s1.